The lowest BCUT2D eigenvalue weighted by Crippen LogP contribution is -2.34. The van der Waals surface area contributed by atoms with Gasteiger partial charge in [0.15, 0.2) is 0 Å². The van der Waals surface area contributed by atoms with Gasteiger partial charge in [-0.25, -0.2) is 4.39 Å². The number of nitrogens with two attached hydrogens (primary N) is 1. The molecule has 1 aromatic rings. The number of benzene rings is 1. The molecule has 0 radical (unpaired) electrons. The maximum Gasteiger partial charge on any atom is 0.236 e. The Morgan fingerprint density at radius 2 is 2.25 bits per heavy atom. The van der Waals surface area contributed by atoms with Crippen molar-refractivity contribution in [2.75, 3.05) is 18.0 Å². The van der Waals surface area contributed by atoms with Gasteiger partial charge in [-0.15, -0.1) is 0 Å². The van der Waals surface area contributed by atoms with Crippen LogP contribution in [0.1, 0.15) is 12.5 Å². The number of aliphatic hydroxyl groups is 1. The van der Waals surface area contributed by atoms with E-state index in [1.807, 2.05) is 6.92 Å². The predicted octanol–water partition coefficient (Wildman–Crippen LogP) is 0.630. The van der Waals surface area contributed by atoms with Gasteiger partial charge in [0, 0.05) is 6.54 Å². The fourth-order valence-electron chi connectivity index (χ4n) is 1.46. The number of nitrogens with zero attached hydrogens (tertiary/aromatic N) is 1. The topological polar surface area (TPSA) is 66.6 Å². The zero-order valence-electron chi connectivity index (χ0n) is 9.11. The normalized spacial score (nSPS) is 10.2. The molecule has 0 saturated heterocycles. The molecule has 0 unspecified atom stereocenters. The Hall–Kier alpha value is -1.62. The van der Waals surface area contributed by atoms with Gasteiger partial charge in [-0.1, -0.05) is 6.07 Å². The van der Waals surface area contributed by atoms with Crippen LogP contribution < -0.4 is 10.6 Å². The molecule has 5 heteroatoms. The molecule has 0 aliphatic carbocycles. The highest BCUT2D eigenvalue weighted by molar-refractivity contribution is 5.79. The van der Waals surface area contributed by atoms with E-state index in [0.717, 1.165) is 0 Å². The van der Waals surface area contributed by atoms with E-state index in [2.05, 4.69) is 0 Å². The summed E-state index contributed by atoms with van der Waals surface area (Å²) in [4.78, 5) is 12.3. The van der Waals surface area contributed by atoms with Gasteiger partial charge in [-0.05, 0) is 24.6 Å². The third-order valence-electron chi connectivity index (χ3n) is 2.26. The van der Waals surface area contributed by atoms with Gasteiger partial charge in [-0.3, -0.25) is 4.79 Å². The molecule has 0 aliphatic rings. The molecule has 1 aromatic carbocycles. The SMILES string of the molecule is CCN(CC(N)=O)c1ccc(CO)cc1F. The standard InChI is InChI=1S/C11H15FN2O2/c1-2-14(6-11(13)16)10-4-3-8(7-15)5-9(10)12/h3-5,15H,2,6-7H2,1H3,(H2,13,16). The second kappa shape index (κ2) is 5.46. The Labute approximate surface area is 93.5 Å². The van der Waals surface area contributed by atoms with Gasteiger partial charge in [0.05, 0.1) is 18.8 Å². The van der Waals surface area contributed by atoms with Crippen LogP contribution in [0.4, 0.5) is 10.1 Å². The van der Waals surface area contributed by atoms with Crippen LogP contribution in [0.25, 0.3) is 0 Å². The van der Waals surface area contributed by atoms with Crippen LogP contribution in [0, 0.1) is 5.82 Å². The van der Waals surface area contributed by atoms with Crippen LogP contribution in [0.5, 0.6) is 0 Å². The van der Waals surface area contributed by atoms with Gasteiger partial charge in [0.25, 0.3) is 0 Å². The first-order valence-corrected chi connectivity index (χ1v) is 5.01. The third-order valence-corrected chi connectivity index (χ3v) is 2.26. The number of primary amides is 1. The minimum atomic E-state index is -0.507. The van der Waals surface area contributed by atoms with Crippen molar-refractivity contribution in [2.24, 2.45) is 5.73 Å². The predicted molar refractivity (Wildman–Crippen MR) is 59.4 cm³/mol. The van der Waals surface area contributed by atoms with E-state index in [1.165, 1.54) is 12.1 Å². The van der Waals surface area contributed by atoms with Crippen molar-refractivity contribution in [1.82, 2.24) is 0 Å². The second-order valence-electron chi connectivity index (χ2n) is 3.42. The van der Waals surface area contributed by atoms with Crippen molar-refractivity contribution in [1.29, 1.82) is 0 Å². The summed E-state index contributed by atoms with van der Waals surface area (Å²) in [6.07, 6.45) is 0. The number of carbonyl (C=O) groups is 1. The number of likely N-dealkylation sites (N-methyl/N-ethyl adjacent to an activating group) is 1. The van der Waals surface area contributed by atoms with E-state index in [9.17, 15) is 9.18 Å². The number of rotatable bonds is 5. The first kappa shape index (κ1) is 12.4. The molecular weight excluding hydrogens is 211 g/mol. The summed E-state index contributed by atoms with van der Waals surface area (Å²) in [6.45, 7) is 2.06. The molecule has 0 atom stereocenters. The summed E-state index contributed by atoms with van der Waals surface area (Å²) in [5, 5.41) is 8.84. The number of aliphatic hydroxyl groups excluding tert-OH is 1. The molecule has 16 heavy (non-hydrogen) atoms. The van der Waals surface area contributed by atoms with Gasteiger partial charge in [0.2, 0.25) is 5.91 Å². The van der Waals surface area contributed by atoms with E-state index in [0.29, 0.717) is 17.8 Å². The number of anilines is 1. The molecule has 0 bridgehead atoms. The maximum atomic E-state index is 13.6. The van der Waals surface area contributed by atoms with Gasteiger partial charge in [0.1, 0.15) is 5.82 Å². The average molecular weight is 226 g/mol. The van der Waals surface area contributed by atoms with Crippen LogP contribution in [0.2, 0.25) is 0 Å². The zero-order chi connectivity index (χ0) is 12.1. The van der Waals surface area contributed by atoms with E-state index < -0.39 is 11.7 Å². The monoisotopic (exact) mass is 226 g/mol. The molecule has 0 aliphatic heterocycles. The van der Waals surface area contributed by atoms with Crippen LogP contribution in [0.3, 0.4) is 0 Å². The number of halogens is 1. The third kappa shape index (κ3) is 2.93. The molecule has 0 fully saturated rings. The number of carbonyl (C=O) groups excluding carboxylic acids is 1. The molecule has 3 N–H and O–H groups in total. The van der Waals surface area contributed by atoms with Gasteiger partial charge in [-0.2, -0.15) is 0 Å². The number of hydrogen-bond donors (Lipinski definition) is 2. The van der Waals surface area contributed by atoms with Crippen LogP contribution in [0.15, 0.2) is 18.2 Å². The van der Waals surface area contributed by atoms with E-state index in [-0.39, 0.29) is 13.2 Å². The second-order valence-corrected chi connectivity index (χ2v) is 3.42. The summed E-state index contributed by atoms with van der Waals surface area (Å²) in [7, 11) is 0. The highest BCUT2D eigenvalue weighted by Gasteiger charge is 2.12. The van der Waals surface area contributed by atoms with Crippen LogP contribution in [-0.2, 0) is 11.4 Å². The maximum absolute atomic E-state index is 13.6. The van der Waals surface area contributed by atoms with Gasteiger partial charge >= 0.3 is 0 Å². The first-order valence-electron chi connectivity index (χ1n) is 5.01. The smallest absolute Gasteiger partial charge is 0.236 e. The zero-order valence-corrected chi connectivity index (χ0v) is 9.11. The molecule has 0 aromatic heterocycles. The van der Waals surface area contributed by atoms with Crippen molar-refractivity contribution < 1.29 is 14.3 Å². The molecule has 4 nitrogen and oxygen atoms in total. The lowest BCUT2D eigenvalue weighted by atomic mass is 10.2. The highest BCUT2D eigenvalue weighted by Crippen LogP contribution is 2.20. The molecule has 1 amide bonds. The molecule has 0 heterocycles. The van der Waals surface area contributed by atoms with Crippen molar-refractivity contribution in [3.05, 3.63) is 29.6 Å². The van der Waals surface area contributed by atoms with Crippen LogP contribution in [-0.4, -0.2) is 24.1 Å². The average Bonchev–Trinajstić information content (AvgIpc) is 2.25. The quantitative estimate of drug-likeness (QED) is 0.773. The lowest BCUT2D eigenvalue weighted by Gasteiger charge is -2.22. The lowest BCUT2D eigenvalue weighted by molar-refractivity contribution is -0.116. The minimum Gasteiger partial charge on any atom is -0.392 e. The number of hydrogen-bond acceptors (Lipinski definition) is 3. The van der Waals surface area contributed by atoms with Crippen molar-refractivity contribution in [2.45, 2.75) is 13.5 Å². The first-order chi connectivity index (χ1) is 7.58. The Morgan fingerprint density at radius 3 is 2.69 bits per heavy atom. The fourth-order valence-corrected chi connectivity index (χ4v) is 1.46. The summed E-state index contributed by atoms with van der Waals surface area (Å²) >= 11 is 0. The number of amides is 1. The Balaban J connectivity index is 2.96. The van der Waals surface area contributed by atoms with Crippen LogP contribution >= 0.6 is 0 Å². The van der Waals surface area contributed by atoms with Crippen molar-refractivity contribution in [3.63, 3.8) is 0 Å². The molecule has 88 valence electrons. The summed E-state index contributed by atoms with van der Waals surface area (Å²) in [5.74, 6) is -0.970. The Bertz CT molecular complexity index is 382. The van der Waals surface area contributed by atoms with E-state index >= 15 is 0 Å². The molecule has 0 saturated carbocycles. The fraction of sp³-hybridized carbons (Fsp3) is 0.364. The highest BCUT2D eigenvalue weighted by atomic mass is 19.1. The summed E-state index contributed by atoms with van der Waals surface area (Å²) in [6, 6.07) is 4.40. The largest absolute Gasteiger partial charge is 0.392 e. The molecule has 1 rings (SSSR count). The van der Waals surface area contributed by atoms with E-state index in [4.69, 9.17) is 10.8 Å². The van der Waals surface area contributed by atoms with E-state index in [1.54, 1.807) is 11.0 Å². The Morgan fingerprint density at radius 1 is 1.56 bits per heavy atom. The van der Waals surface area contributed by atoms with Crippen molar-refractivity contribution in [3.8, 4) is 0 Å². The Kier molecular flexibility index (Phi) is 4.25. The summed E-state index contributed by atoms with van der Waals surface area (Å²) in [5.41, 5.74) is 5.88. The summed E-state index contributed by atoms with van der Waals surface area (Å²) < 4.78 is 13.6. The van der Waals surface area contributed by atoms with Crippen molar-refractivity contribution >= 4 is 11.6 Å². The molecule has 0 spiro atoms. The van der Waals surface area contributed by atoms with Gasteiger partial charge < -0.3 is 15.7 Å². The minimum absolute atomic E-state index is 0.0219. The molecular formula is C11H15FN2O2.